The lowest BCUT2D eigenvalue weighted by molar-refractivity contribution is 0.629. The Morgan fingerprint density at radius 3 is 2.53 bits per heavy atom. The SMILES string of the molecule is CNCc1nc(NC(C)(C)C)ccc1Cl. The molecular weight excluding hydrogens is 210 g/mol. The summed E-state index contributed by atoms with van der Waals surface area (Å²) in [5, 5.41) is 7.05. The van der Waals surface area contributed by atoms with Crippen LogP contribution in [0.5, 0.6) is 0 Å². The summed E-state index contributed by atoms with van der Waals surface area (Å²) >= 11 is 6.02. The van der Waals surface area contributed by atoms with Gasteiger partial charge in [-0.05, 0) is 40.0 Å². The van der Waals surface area contributed by atoms with Crippen LogP contribution in [-0.4, -0.2) is 17.6 Å². The normalized spacial score (nSPS) is 11.5. The number of pyridine rings is 1. The van der Waals surface area contributed by atoms with Gasteiger partial charge in [0.2, 0.25) is 0 Å². The first-order valence-electron chi connectivity index (χ1n) is 5.00. The van der Waals surface area contributed by atoms with Gasteiger partial charge in [-0.25, -0.2) is 4.98 Å². The van der Waals surface area contributed by atoms with E-state index in [1.165, 1.54) is 0 Å². The first-order chi connectivity index (χ1) is 6.92. The highest BCUT2D eigenvalue weighted by atomic mass is 35.5. The zero-order chi connectivity index (χ0) is 11.5. The average Bonchev–Trinajstić information content (AvgIpc) is 2.09. The summed E-state index contributed by atoms with van der Waals surface area (Å²) in [5.74, 6) is 0.858. The van der Waals surface area contributed by atoms with E-state index in [2.05, 4.69) is 36.4 Å². The lowest BCUT2D eigenvalue weighted by Crippen LogP contribution is -2.27. The summed E-state index contributed by atoms with van der Waals surface area (Å²) in [7, 11) is 1.88. The molecule has 0 fully saturated rings. The summed E-state index contributed by atoms with van der Waals surface area (Å²) < 4.78 is 0. The van der Waals surface area contributed by atoms with Crippen LogP contribution < -0.4 is 10.6 Å². The third kappa shape index (κ3) is 4.06. The Labute approximate surface area is 96.2 Å². The van der Waals surface area contributed by atoms with E-state index in [4.69, 9.17) is 11.6 Å². The highest BCUT2D eigenvalue weighted by Crippen LogP contribution is 2.18. The topological polar surface area (TPSA) is 37.0 Å². The lowest BCUT2D eigenvalue weighted by atomic mass is 10.1. The van der Waals surface area contributed by atoms with Gasteiger partial charge in [-0.1, -0.05) is 11.6 Å². The number of rotatable bonds is 3. The van der Waals surface area contributed by atoms with Gasteiger partial charge in [-0.2, -0.15) is 0 Å². The molecule has 0 radical (unpaired) electrons. The third-order valence-electron chi connectivity index (χ3n) is 1.77. The molecule has 0 saturated heterocycles. The Morgan fingerprint density at radius 2 is 2.00 bits per heavy atom. The van der Waals surface area contributed by atoms with E-state index < -0.39 is 0 Å². The molecule has 84 valence electrons. The highest BCUT2D eigenvalue weighted by molar-refractivity contribution is 6.31. The maximum Gasteiger partial charge on any atom is 0.126 e. The van der Waals surface area contributed by atoms with Crippen molar-refractivity contribution >= 4 is 17.4 Å². The largest absolute Gasteiger partial charge is 0.365 e. The Kier molecular flexibility index (Phi) is 3.94. The van der Waals surface area contributed by atoms with Gasteiger partial charge in [0.1, 0.15) is 5.82 Å². The molecule has 0 aliphatic carbocycles. The highest BCUT2D eigenvalue weighted by Gasteiger charge is 2.11. The molecule has 1 heterocycles. The van der Waals surface area contributed by atoms with Crippen LogP contribution >= 0.6 is 11.6 Å². The lowest BCUT2D eigenvalue weighted by Gasteiger charge is -2.21. The van der Waals surface area contributed by atoms with Crippen molar-refractivity contribution in [1.82, 2.24) is 10.3 Å². The summed E-state index contributed by atoms with van der Waals surface area (Å²) in [5.41, 5.74) is 0.881. The number of nitrogens with zero attached hydrogens (tertiary/aromatic N) is 1. The molecule has 1 rings (SSSR count). The number of halogens is 1. The van der Waals surface area contributed by atoms with E-state index in [1.54, 1.807) is 0 Å². The van der Waals surface area contributed by atoms with Crippen LogP contribution in [0.1, 0.15) is 26.5 Å². The van der Waals surface area contributed by atoms with Crippen LogP contribution in [0.3, 0.4) is 0 Å². The molecule has 2 N–H and O–H groups in total. The Hall–Kier alpha value is -0.800. The van der Waals surface area contributed by atoms with Crippen molar-refractivity contribution in [1.29, 1.82) is 0 Å². The van der Waals surface area contributed by atoms with Gasteiger partial charge in [0, 0.05) is 12.1 Å². The van der Waals surface area contributed by atoms with E-state index >= 15 is 0 Å². The van der Waals surface area contributed by atoms with E-state index in [9.17, 15) is 0 Å². The first-order valence-corrected chi connectivity index (χ1v) is 5.38. The smallest absolute Gasteiger partial charge is 0.126 e. The van der Waals surface area contributed by atoms with Gasteiger partial charge in [0.15, 0.2) is 0 Å². The predicted molar refractivity (Wildman–Crippen MR) is 65.4 cm³/mol. The molecule has 0 aliphatic rings. The quantitative estimate of drug-likeness (QED) is 0.834. The zero-order valence-corrected chi connectivity index (χ0v) is 10.4. The molecule has 1 aromatic heterocycles. The van der Waals surface area contributed by atoms with Crippen molar-refractivity contribution < 1.29 is 0 Å². The number of anilines is 1. The zero-order valence-electron chi connectivity index (χ0n) is 9.69. The van der Waals surface area contributed by atoms with Gasteiger partial charge < -0.3 is 10.6 Å². The summed E-state index contributed by atoms with van der Waals surface area (Å²) in [6.07, 6.45) is 0. The molecule has 0 amide bonds. The van der Waals surface area contributed by atoms with Crippen LogP contribution in [-0.2, 0) is 6.54 Å². The second kappa shape index (κ2) is 4.81. The number of hydrogen-bond donors (Lipinski definition) is 2. The fraction of sp³-hybridized carbons (Fsp3) is 0.545. The predicted octanol–water partition coefficient (Wildman–Crippen LogP) is 2.66. The van der Waals surface area contributed by atoms with Crippen LogP contribution in [0.25, 0.3) is 0 Å². The van der Waals surface area contributed by atoms with Crippen LogP contribution in [0, 0.1) is 0 Å². The maximum absolute atomic E-state index is 6.02. The van der Waals surface area contributed by atoms with Crippen molar-refractivity contribution in [3.8, 4) is 0 Å². The Morgan fingerprint density at radius 1 is 1.33 bits per heavy atom. The van der Waals surface area contributed by atoms with Gasteiger partial charge in [-0.3, -0.25) is 0 Å². The van der Waals surface area contributed by atoms with Crippen molar-refractivity contribution in [2.45, 2.75) is 32.9 Å². The summed E-state index contributed by atoms with van der Waals surface area (Å²) in [6, 6.07) is 3.77. The molecule has 0 spiro atoms. The minimum absolute atomic E-state index is 0.0116. The second-order valence-electron chi connectivity index (χ2n) is 4.53. The van der Waals surface area contributed by atoms with E-state index in [0.29, 0.717) is 11.6 Å². The van der Waals surface area contributed by atoms with Crippen molar-refractivity contribution in [2.75, 3.05) is 12.4 Å². The number of aromatic nitrogens is 1. The monoisotopic (exact) mass is 227 g/mol. The molecule has 4 heteroatoms. The Bertz CT molecular complexity index is 331. The van der Waals surface area contributed by atoms with E-state index in [-0.39, 0.29) is 5.54 Å². The van der Waals surface area contributed by atoms with Gasteiger partial charge in [-0.15, -0.1) is 0 Å². The second-order valence-corrected chi connectivity index (χ2v) is 4.94. The first kappa shape index (κ1) is 12.3. The molecular formula is C11H18ClN3. The molecule has 0 aliphatic heterocycles. The molecule has 0 bridgehead atoms. The van der Waals surface area contributed by atoms with Gasteiger partial charge in [0.05, 0.1) is 10.7 Å². The summed E-state index contributed by atoms with van der Waals surface area (Å²) in [4.78, 5) is 4.44. The van der Waals surface area contributed by atoms with Crippen LogP contribution in [0.15, 0.2) is 12.1 Å². The molecule has 0 saturated carbocycles. The molecule has 3 nitrogen and oxygen atoms in total. The van der Waals surface area contributed by atoms with Crippen LogP contribution in [0.2, 0.25) is 5.02 Å². The standard InChI is InChI=1S/C11H18ClN3/c1-11(2,3)15-10-6-5-8(12)9(14-10)7-13-4/h5-6,13H,7H2,1-4H3,(H,14,15). The number of hydrogen-bond acceptors (Lipinski definition) is 3. The van der Waals surface area contributed by atoms with Crippen molar-refractivity contribution in [3.05, 3.63) is 22.8 Å². The Balaban J connectivity index is 2.87. The van der Waals surface area contributed by atoms with Crippen LogP contribution in [0.4, 0.5) is 5.82 Å². The van der Waals surface area contributed by atoms with Crippen molar-refractivity contribution in [2.24, 2.45) is 0 Å². The van der Waals surface area contributed by atoms with E-state index in [1.807, 2.05) is 19.2 Å². The maximum atomic E-state index is 6.02. The molecule has 1 aromatic rings. The average molecular weight is 228 g/mol. The summed E-state index contributed by atoms with van der Waals surface area (Å²) in [6.45, 7) is 6.97. The minimum Gasteiger partial charge on any atom is -0.365 e. The molecule has 0 aromatic carbocycles. The molecule has 0 unspecified atom stereocenters. The molecule has 15 heavy (non-hydrogen) atoms. The van der Waals surface area contributed by atoms with E-state index in [0.717, 1.165) is 11.5 Å². The van der Waals surface area contributed by atoms with Crippen molar-refractivity contribution in [3.63, 3.8) is 0 Å². The fourth-order valence-corrected chi connectivity index (χ4v) is 1.40. The third-order valence-corrected chi connectivity index (χ3v) is 2.11. The van der Waals surface area contributed by atoms with Gasteiger partial charge in [0.25, 0.3) is 0 Å². The minimum atomic E-state index is 0.0116. The molecule has 0 atom stereocenters. The van der Waals surface area contributed by atoms with Gasteiger partial charge >= 0.3 is 0 Å². The fourth-order valence-electron chi connectivity index (χ4n) is 1.23. The number of nitrogens with one attached hydrogen (secondary N) is 2.